The van der Waals surface area contributed by atoms with Crippen molar-refractivity contribution in [1.29, 1.82) is 0 Å². The van der Waals surface area contributed by atoms with E-state index in [0.717, 1.165) is 0 Å². The fourth-order valence-electron chi connectivity index (χ4n) is 0.451. The van der Waals surface area contributed by atoms with Gasteiger partial charge < -0.3 is 4.74 Å². The summed E-state index contributed by atoms with van der Waals surface area (Å²) in [7, 11) is 1.36. The van der Waals surface area contributed by atoms with E-state index >= 15 is 0 Å². The molecule has 0 N–H and O–H groups in total. The first-order valence-corrected chi connectivity index (χ1v) is 3.31. The number of hydrogen-bond donors (Lipinski definition) is 0. The van der Waals surface area contributed by atoms with E-state index in [9.17, 15) is 4.79 Å². The Morgan fingerprint density at radius 3 is 3.11 bits per heavy atom. The van der Waals surface area contributed by atoms with Crippen LogP contribution in [0.15, 0.2) is 10.8 Å². The number of rotatable bonds is 1. The van der Waals surface area contributed by atoms with Crippen molar-refractivity contribution in [2.24, 2.45) is 0 Å². The van der Waals surface area contributed by atoms with Crippen LogP contribution in [0.1, 0.15) is 10.4 Å². The summed E-state index contributed by atoms with van der Waals surface area (Å²) in [6.07, 6.45) is 0. The first-order valence-electron chi connectivity index (χ1n) is 2.37. The smallest absolute Gasteiger partial charge is 0.339 e. The van der Waals surface area contributed by atoms with Crippen molar-refractivity contribution in [3.05, 3.63) is 22.4 Å². The normalized spacial score (nSPS) is 9.00. The summed E-state index contributed by atoms with van der Waals surface area (Å²) >= 11 is 1.43. The second kappa shape index (κ2) is 2.64. The molecular weight excluding hydrogens is 136 g/mol. The van der Waals surface area contributed by atoms with E-state index in [1.54, 1.807) is 10.8 Å². The van der Waals surface area contributed by atoms with Gasteiger partial charge >= 0.3 is 5.97 Å². The number of ether oxygens (including phenoxy) is 1. The first-order chi connectivity index (χ1) is 4.34. The van der Waals surface area contributed by atoms with Crippen LogP contribution >= 0.6 is 11.3 Å². The Hall–Kier alpha value is -0.830. The minimum atomic E-state index is -0.323. The summed E-state index contributed by atoms with van der Waals surface area (Å²) < 4.78 is 4.43. The minimum Gasteiger partial charge on any atom is -0.465 e. The van der Waals surface area contributed by atoms with Crippen molar-refractivity contribution in [2.45, 2.75) is 0 Å². The van der Waals surface area contributed by atoms with Crippen LogP contribution in [0.25, 0.3) is 0 Å². The SMILES string of the molecule is COC(=O)c1[c]csc1. The van der Waals surface area contributed by atoms with Crippen LogP contribution in [0.3, 0.4) is 0 Å². The van der Waals surface area contributed by atoms with Gasteiger partial charge in [-0.25, -0.2) is 4.79 Å². The Balaban J connectivity index is 2.77. The molecular formula is C6H5O2S. The van der Waals surface area contributed by atoms with Gasteiger partial charge in [-0.05, 0) is 5.38 Å². The first kappa shape index (κ1) is 6.29. The average Bonchev–Trinajstić information content (AvgIpc) is 2.37. The summed E-state index contributed by atoms with van der Waals surface area (Å²) in [6.45, 7) is 0. The summed E-state index contributed by atoms with van der Waals surface area (Å²) in [5.41, 5.74) is 0.502. The van der Waals surface area contributed by atoms with Crippen molar-refractivity contribution in [2.75, 3.05) is 7.11 Å². The van der Waals surface area contributed by atoms with Gasteiger partial charge in [-0.3, -0.25) is 0 Å². The molecule has 0 spiro atoms. The maximum atomic E-state index is 10.6. The Kier molecular flexibility index (Phi) is 1.85. The maximum absolute atomic E-state index is 10.6. The van der Waals surface area contributed by atoms with Crippen LogP contribution < -0.4 is 0 Å². The number of carbonyl (C=O) groups excluding carboxylic acids is 1. The van der Waals surface area contributed by atoms with Crippen molar-refractivity contribution < 1.29 is 9.53 Å². The van der Waals surface area contributed by atoms with Gasteiger partial charge in [-0.15, -0.1) is 0 Å². The molecule has 1 aromatic heterocycles. The molecule has 0 aliphatic carbocycles. The standard InChI is InChI=1S/C6H5O2S/c1-8-6(7)5-2-3-9-4-5/h3-4H,1H3. The third-order valence-corrected chi connectivity index (χ3v) is 1.50. The Morgan fingerprint density at radius 1 is 1.89 bits per heavy atom. The molecule has 1 aromatic rings. The molecule has 0 fully saturated rings. The van der Waals surface area contributed by atoms with Crippen LogP contribution in [0.4, 0.5) is 0 Å². The van der Waals surface area contributed by atoms with E-state index in [0.29, 0.717) is 5.56 Å². The molecule has 1 rings (SSSR count). The Bertz CT molecular complexity index is 191. The molecule has 1 radical (unpaired) electrons. The molecule has 0 aromatic carbocycles. The zero-order chi connectivity index (χ0) is 6.69. The van der Waals surface area contributed by atoms with E-state index in [4.69, 9.17) is 0 Å². The summed E-state index contributed by atoms with van der Waals surface area (Å²) in [4.78, 5) is 10.6. The number of esters is 1. The van der Waals surface area contributed by atoms with Crippen molar-refractivity contribution in [1.82, 2.24) is 0 Å². The van der Waals surface area contributed by atoms with Crippen LogP contribution in [-0.4, -0.2) is 13.1 Å². The summed E-state index contributed by atoms with van der Waals surface area (Å²) in [5.74, 6) is -0.323. The van der Waals surface area contributed by atoms with E-state index in [-0.39, 0.29) is 5.97 Å². The lowest BCUT2D eigenvalue weighted by molar-refractivity contribution is 0.0601. The molecule has 0 unspecified atom stereocenters. The molecule has 2 nitrogen and oxygen atoms in total. The molecule has 0 saturated heterocycles. The molecule has 1 heterocycles. The van der Waals surface area contributed by atoms with Gasteiger partial charge in [0.05, 0.1) is 12.7 Å². The van der Waals surface area contributed by atoms with Gasteiger partial charge in [0.25, 0.3) is 0 Å². The van der Waals surface area contributed by atoms with Gasteiger partial charge in [0.1, 0.15) is 0 Å². The lowest BCUT2D eigenvalue weighted by Crippen LogP contribution is -1.97. The molecule has 0 aliphatic rings. The van der Waals surface area contributed by atoms with Crippen molar-refractivity contribution in [3.63, 3.8) is 0 Å². The number of thiophene rings is 1. The molecule has 9 heavy (non-hydrogen) atoms. The van der Waals surface area contributed by atoms with Gasteiger partial charge in [0.2, 0.25) is 0 Å². The molecule has 0 saturated carbocycles. The fourth-order valence-corrected chi connectivity index (χ4v) is 1.01. The Morgan fingerprint density at radius 2 is 2.67 bits per heavy atom. The van der Waals surface area contributed by atoms with Gasteiger partial charge in [-0.2, -0.15) is 11.3 Å². The lowest BCUT2D eigenvalue weighted by atomic mass is 10.4. The van der Waals surface area contributed by atoms with Crippen LogP contribution in [-0.2, 0) is 4.74 Å². The molecule has 0 atom stereocenters. The fraction of sp³-hybridized carbons (Fsp3) is 0.167. The zero-order valence-electron chi connectivity index (χ0n) is 4.88. The van der Waals surface area contributed by atoms with Gasteiger partial charge in [-0.1, -0.05) is 0 Å². The predicted molar refractivity (Wildman–Crippen MR) is 34.5 cm³/mol. The summed E-state index contributed by atoms with van der Waals surface area (Å²) in [6, 6.07) is 2.73. The number of hydrogen-bond acceptors (Lipinski definition) is 3. The zero-order valence-corrected chi connectivity index (χ0v) is 5.70. The molecule has 0 aliphatic heterocycles. The van der Waals surface area contributed by atoms with Crippen molar-refractivity contribution in [3.8, 4) is 0 Å². The molecule has 0 bridgehead atoms. The van der Waals surface area contributed by atoms with E-state index < -0.39 is 0 Å². The molecule has 47 valence electrons. The average molecular weight is 141 g/mol. The topological polar surface area (TPSA) is 26.3 Å². The number of carbonyl (C=O) groups is 1. The van der Waals surface area contributed by atoms with E-state index in [1.807, 2.05) is 0 Å². The highest BCUT2D eigenvalue weighted by atomic mass is 32.1. The summed E-state index contributed by atoms with van der Waals surface area (Å²) in [5, 5.41) is 3.41. The van der Waals surface area contributed by atoms with Gasteiger partial charge in [0.15, 0.2) is 0 Å². The lowest BCUT2D eigenvalue weighted by Gasteiger charge is -1.90. The molecule has 0 amide bonds. The highest BCUT2D eigenvalue weighted by Crippen LogP contribution is 2.05. The predicted octanol–water partition coefficient (Wildman–Crippen LogP) is 1.33. The number of methoxy groups -OCH3 is 1. The van der Waals surface area contributed by atoms with Crippen LogP contribution in [0.5, 0.6) is 0 Å². The Labute approximate surface area is 57.1 Å². The largest absolute Gasteiger partial charge is 0.465 e. The second-order valence-electron chi connectivity index (χ2n) is 1.42. The quantitative estimate of drug-likeness (QED) is 0.551. The highest BCUT2D eigenvalue weighted by molar-refractivity contribution is 7.08. The third kappa shape index (κ3) is 1.29. The second-order valence-corrected chi connectivity index (χ2v) is 2.16. The van der Waals surface area contributed by atoms with Gasteiger partial charge in [0, 0.05) is 11.4 Å². The van der Waals surface area contributed by atoms with E-state index in [1.165, 1.54) is 18.4 Å². The minimum absolute atomic E-state index is 0.323. The molecule has 3 heteroatoms. The monoisotopic (exact) mass is 141 g/mol. The third-order valence-electron chi connectivity index (χ3n) is 0.874. The van der Waals surface area contributed by atoms with Crippen LogP contribution in [0, 0.1) is 6.07 Å². The van der Waals surface area contributed by atoms with Crippen LogP contribution in [0.2, 0.25) is 0 Å². The van der Waals surface area contributed by atoms with E-state index in [2.05, 4.69) is 10.8 Å². The highest BCUT2D eigenvalue weighted by Gasteiger charge is 2.02. The maximum Gasteiger partial charge on any atom is 0.339 e. The van der Waals surface area contributed by atoms with Crippen molar-refractivity contribution >= 4 is 17.3 Å².